The molecule has 0 amide bonds. The molecule has 3 aromatic carbocycles. The highest BCUT2D eigenvalue weighted by molar-refractivity contribution is 6.31. The third-order valence-electron chi connectivity index (χ3n) is 5.86. The lowest BCUT2D eigenvalue weighted by molar-refractivity contribution is -0.386. The van der Waals surface area contributed by atoms with Crippen LogP contribution in [0.25, 0.3) is 33.5 Å². The number of benzene rings is 3. The predicted molar refractivity (Wildman–Crippen MR) is 143 cm³/mol. The van der Waals surface area contributed by atoms with Crippen molar-refractivity contribution in [3.8, 4) is 17.3 Å². The highest BCUT2D eigenvalue weighted by Gasteiger charge is 2.19. The molecular weight excluding hydrogens is 496 g/mol. The minimum Gasteiger partial charge on any atom is -0.484 e. The first-order chi connectivity index (χ1) is 17.8. The van der Waals surface area contributed by atoms with Crippen LogP contribution < -0.4 is 10.3 Å². The second-order valence-corrected chi connectivity index (χ2v) is 8.86. The van der Waals surface area contributed by atoms with Crippen molar-refractivity contribution in [2.45, 2.75) is 26.4 Å². The molecule has 10 heteroatoms. The summed E-state index contributed by atoms with van der Waals surface area (Å²) in [6, 6.07) is 18.3. The van der Waals surface area contributed by atoms with Gasteiger partial charge in [0.05, 0.1) is 28.1 Å². The van der Waals surface area contributed by atoms with Gasteiger partial charge < -0.3 is 9.15 Å². The van der Waals surface area contributed by atoms with Crippen LogP contribution >= 0.6 is 11.6 Å². The molecule has 0 radical (unpaired) electrons. The molecule has 0 spiro atoms. The molecule has 186 valence electrons. The molecule has 0 aliphatic heterocycles. The fourth-order valence-corrected chi connectivity index (χ4v) is 3.98. The van der Waals surface area contributed by atoms with Crippen molar-refractivity contribution in [1.82, 2.24) is 9.66 Å². The zero-order chi connectivity index (χ0) is 26.1. The number of hydrogen-bond acceptors (Lipinski definition) is 7. The molecule has 9 nitrogen and oxygen atoms in total. The van der Waals surface area contributed by atoms with E-state index >= 15 is 0 Å². The van der Waals surface area contributed by atoms with Crippen LogP contribution in [0.5, 0.6) is 5.75 Å². The van der Waals surface area contributed by atoms with Crippen LogP contribution in [0.15, 0.2) is 81.0 Å². The number of halogens is 1. The van der Waals surface area contributed by atoms with Crippen molar-refractivity contribution in [1.29, 1.82) is 0 Å². The lowest BCUT2D eigenvalue weighted by Gasteiger charge is -2.12. The van der Waals surface area contributed by atoms with Crippen LogP contribution in [-0.2, 0) is 0 Å². The minimum atomic E-state index is -0.510. The van der Waals surface area contributed by atoms with E-state index in [9.17, 15) is 14.9 Å². The van der Waals surface area contributed by atoms with Crippen molar-refractivity contribution in [3.63, 3.8) is 0 Å². The Morgan fingerprint density at radius 3 is 2.78 bits per heavy atom. The van der Waals surface area contributed by atoms with E-state index in [2.05, 4.69) is 10.1 Å². The third kappa shape index (κ3) is 4.81. The van der Waals surface area contributed by atoms with E-state index in [0.717, 1.165) is 10.1 Å². The van der Waals surface area contributed by atoms with Gasteiger partial charge in [-0.1, -0.05) is 30.7 Å². The molecule has 37 heavy (non-hydrogen) atoms. The number of nitrogens with zero attached hydrogens (tertiary/aromatic N) is 4. The van der Waals surface area contributed by atoms with Crippen molar-refractivity contribution in [2.24, 2.45) is 5.10 Å². The van der Waals surface area contributed by atoms with Gasteiger partial charge in [0, 0.05) is 22.0 Å². The summed E-state index contributed by atoms with van der Waals surface area (Å²) in [5.41, 5.74) is 0.856. The van der Waals surface area contributed by atoms with Crippen molar-refractivity contribution < 1.29 is 14.1 Å². The van der Waals surface area contributed by atoms with Gasteiger partial charge in [0.15, 0.2) is 11.5 Å². The molecular formula is C27H21ClN4O5. The highest BCUT2D eigenvalue weighted by Crippen LogP contribution is 2.30. The smallest absolute Gasteiger partial charge is 0.311 e. The first-order valence-corrected chi connectivity index (χ1v) is 11.9. The van der Waals surface area contributed by atoms with Gasteiger partial charge in [0.25, 0.3) is 5.56 Å². The Kier molecular flexibility index (Phi) is 6.45. The Labute approximate surface area is 215 Å². The first kappa shape index (κ1) is 24.2. The molecule has 0 fully saturated rings. The van der Waals surface area contributed by atoms with Gasteiger partial charge >= 0.3 is 5.69 Å². The number of hydrogen-bond donors (Lipinski definition) is 0. The van der Waals surface area contributed by atoms with Crippen molar-refractivity contribution in [2.75, 3.05) is 0 Å². The Bertz CT molecular complexity index is 1740. The van der Waals surface area contributed by atoms with E-state index in [-0.39, 0.29) is 23.4 Å². The van der Waals surface area contributed by atoms with Gasteiger partial charge in [0.2, 0.25) is 5.82 Å². The number of fused-ring (bicyclic) bond motifs is 2. The van der Waals surface area contributed by atoms with Gasteiger partial charge in [-0.3, -0.25) is 14.9 Å². The second kappa shape index (κ2) is 9.87. The fourth-order valence-electron chi connectivity index (χ4n) is 3.80. The molecule has 0 saturated heterocycles. The van der Waals surface area contributed by atoms with Gasteiger partial charge in [-0.2, -0.15) is 9.78 Å². The average molecular weight is 517 g/mol. The number of nitro groups is 1. The van der Waals surface area contributed by atoms with E-state index in [1.807, 2.05) is 13.8 Å². The summed E-state index contributed by atoms with van der Waals surface area (Å²) < 4.78 is 12.8. The van der Waals surface area contributed by atoms with Crippen LogP contribution in [0.1, 0.15) is 25.8 Å². The molecule has 0 unspecified atom stereocenters. The third-order valence-corrected chi connectivity index (χ3v) is 6.09. The number of rotatable bonds is 7. The van der Waals surface area contributed by atoms with Crippen LogP contribution in [-0.4, -0.2) is 26.9 Å². The van der Waals surface area contributed by atoms with E-state index < -0.39 is 10.5 Å². The lowest BCUT2D eigenvalue weighted by Crippen LogP contribution is -2.20. The average Bonchev–Trinajstić information content (AvgIpc) is 3.31. The Morgan fingerprint density at radius 1 is 1.19 bits per heavy atom. The standard InChI is InChI=1S/C27H21ClN4O5/c1-3-16(2)36-24-10-8-17(12-22(24)32(34)35)15-29-31-26(30-21-7-5-4-6-20(21)27(31)33)25-14-18-13-19(28)9-11-23(18)37-25/h4-16H,3H2,1-2H3/t16-/m0/s1. The van der Waals surface area contributed by atoms with E-state index in [1.165, 1.54) is 18.3 Å². The number of nitro benzene ring substituents is 1. The number of ether oxygens (including phenoxy) is 1. The van der Waals surface area contributed by atoms with Gasteiger partial charge in [-0.25, -0.2) is 4.98 Å². The summed E-state index contributed by atoms with van der Waals surface area (Å²) in [4.78, 5) is 29.2. The first-order valence-electron chi connectivity index (χ1n) is 11.5. The van der Waals surface area contributed by atoms with Gasteiger partial charge in [-0.05, 0) is 61.9 Å². The Hall–Kier alpha value is -4.50. The quantitative estimate of drug-likeness (QED) is 0.140. The van der Waals surface area contributed by atoms with E-state index in [1.54, 1.807) is 54.6 Å². The highest BCUT2D eigenvalue weighted by atomic mass is 35.5. The van der Waals surface area contributed by atoms with E-state index in [4.69, 9.17) is 20.8 Å². The Morgan fingerprint density at radius 2 is 2.00 bits per heavy atom. The largest absolute Gasteiger partial charge is 0.484 e. The summed E-state index contributed by atoms with van der Waals surface area (Å²) in [7, 11) is 0. The normalized spacial score (nSPS) is 12.4. The molecule has 5 aromatic rings. The summed E-state index contributed by atoms with van der Waals surface area (Å²) in [6.45, 7) is 3.77. The minimum absolute atomic E-state index is 0.169. The van der Waals surface area contributed by atoms with Crippen molar-refractivity contribution in [3.05, 3.63) is 97.8 Å². The monoisotopic (exact) mass is 516 g/mol. The molecule has 2 aromatic heterocycles. The summed E-state index contributed by atoms with van der Waals surface area (Å²) in [6.07, 6.45) is 1.89. The molecule has 0 bridgehead atoms. The SMILES string of the molecule is CC[C@H](C)Oc1ccc(C=Nn2c(-c3cc4cc(Cl)ccc4o3)nc3ccccc3c2=O)cc1[N+](=O)[O-]. The number of aromatic nitrogens is 2. The molecule has 0 aliphatic carbocycles. The maximum Gasteiger partial charge on any atom is 0.311 e. The fraction of sp³-hybridized carbons (Fsp3) is 0.148. The summed E-state index contributed by atoms with van der Waals surface area (Å²) >= 11 is 6.12. The van der Waals surface area contributed by atoms with Crippen molar-refractivity contribution >= 4 is 45.4 Å². The summed E-state index contributed by atoms with van der Waals surface area (Å²) in [5.74, 6) is 0.668. The molecule has 0 N–H and O–H groups in total. The molecule has 1 atom stereocenters. The van der Waals surface area contributed by atoms with Crippen LogP contribution in [0, 0.1) is 10.1 Å². The molecule has 0 aliphatic rings. The lowest BCUT2D eigenvalue weighted by atomic mass is 10.2. The zero-order valence-corrected chi connectivity index (χ0v) is 20.7. The van der Waals surface area contributed by atoms with Crippen LogP contribution in [0.3, 0.4) is 0 Å². The Balaban J connectivity index is 1.63. The number of furan rings is 1. The second-order valence-electron chi connectivity index (χ2n) is 8.43. The zero-order valence-electron chi connectivity index (χ0n) is 19.9. The topological polar surface area (TPSA) is 113 Å². The summed E-state index contributed by atoms with van der Waals surface area (Å²) in [5, 5.41) is 17.7. The maximum absolute atomic E-state index is 13.4. The maximum atomic E-state index is 13.4. The predicted octanol–water partition coefficient (Wildman–Crippen LogP) is 6.43. The van der Waals surface area contributed by atoms with Crippen LogP contribution in [0.4, 0.5) is 5.69 Å². The molecule has 5 rings (SSSR count). The van der Waals surface area contributed by atoms with Gasteiger partial charge in [-0.15, -0.1) is 0 Å². The van der Waals surface area contributed by atoms with E-state index in [0.29, 0.717) is 39.3 Å². The molecule has 0 saturated carbocycles. The van der Waals surface area contributed by atoms with Crippen LogP contribution in [0.2, 0.25) is 5.02 Å². The van der Waals surface area contributed by atoms with Gasteiger partial charge in [0.1, 0.15) is 5.58 Å². The molecule has 2 heterocycles. The number of para-hydroxylation sites is 1.